The molecule has 8 heteroatoms. The van der Waals surface area contributed by atoms with Crippen molar-refractivity contribution in [1.82, 2.24) is 10.2 Å². The van der Waals surface area contributed by atoms with Crippen LogP contribution in [0, 0.1) is 13.8 Å². The minimum Gasteiger partial charge on any atom is -0.494 e. The maximum absolute atomic E-state index is 13.6. The third-order valence-electron chi connectivity index (χ3n) is 5.42. The average molecular weight is 448 g/mol. The van der Waals surface area contributed by atoms with E-state index in [1.807, 2.05) is 51.1 Å². The van der Waals surface area contributed by atoms with Gasteiger partial charge in [0.1, 0.15) is 16.3 Å². The number of hydrogen-bond donors (Lipinski definition) is 0. The molecule has 0 N–H and O–H groups in total. The predicted molar refractivity (Wildman–Crippen MR) is 123 cm³/mol. The molecule has 2 aromatic heterocycles. The largest absolute Gasteiger partial charge is 0.494 e. The minimum absolute atomic E-state index is 0.0514. The van der Waals surface area contributed by atoms with Gasteiger partial charge in [0.15, 0.2) is 5.43 Å². The van der Waals surface area contributed by atoms with Crippen molar-refractivity contribution < 1.29 is 13.9 Å². The highest BCUT2D eigenvalue weighted by atomic mass is 32.1. The van der Waals surface area contributed by atoms with Crippen LogP contribution in [-0.2, 0) is 0 Å². The second-order valence-corrected chi connectivity index (χ2v) is 8.93. The highest BCUT2D eigenvalue weighted by Crippen LogP contribution is 2.42. The van der Waals surface area contributed by atoms with Gasteiger partial charge in [0.2, 0.25) is 10.9 Å². The molecule has 0 aliphatic carbocycles. The van der Waals surface area contributed by atoms with E-state index in [1.165, 1.54) is 16.2 Å². The lowest BCUT2D eigenvalue weighted by Crippen LogP contribution is -2.29. The second kappa shape index (κ2) is 7.87. The van der Waals surface area contributed by atoms with Crippen LogP contribution in [0.1, 0.15) is 51.6 Å². The molecule has 0 radical (unpaired) electrons. The van der Waals surface area contributed by atoms with E-state index >= 15 is 0 Å². The molecule has 0 fully saturated rings. The van der Waals surface area contributed by atoms with Gasteiger partial charge >= 0.3 is 0 Å². The Morgan fingerprint density at radius 3 is 2.56 bits per heavy atom. The number of carbonyl (C=O) groups is 1. The summed E-state index contributed by atoms with van der Waals surface area (Å²) in [7, 11) is 0. The van der Waals surface area contributed by atoms with Gasteiger partial charge in [-0.1, -0.05) is 42.0 Å². The highest BCUT2D eigenvalue weighted by molar-refractivity contribution is 7.15. The lowest BCUT2D eigenvalue weighted by atomic mass is 9.98. The summed E-state index contributed by atoms with van der Waals surface area (Å²) in [6.45, 7) is 6.40. The first kappa shape index (κ1) is 20.4. The fourth-order valence-corrected chi connectivity index (χ4v) is 4.66. The fourth-order valence-electron chi connectivity index (χ4n) is 3.95. The highest BCUT2D eigenvalue weighted by Gasteiger charge is 2.45. The SMILES string of the molecule is CCCOc1ccc([C@H]2c3c(oc4ccc(C)cc4c3=O)C(=O)N2c2nnc(C)s2)cc1. The van der Waals surface area contributed by atoms with Gasteiger partial charge in [-0.15, -0.1) is 10.2 Å². The lowest BCUT2D eigenvalue weighted by molar-refractivity contribution is 0.0970. The molecule has 1 amide bonds. The number of aromatic nitrogens is 2. The zero-order valence-electron chi connectivity index (χ0n) is 17.9. The zero-order chi connectivity index (χ0) is 22.4. The van der Waals surface area contributed by atoms with E-state index in [0.29, 0.717) is 28.3 Å². The van der Waals surface area contributed by atoms with E-state index in [9.17, 15) is 9.59 Å². The van der Waals surface area contributed by atoms with Crippen LogP contribution < -0.4 is 15.1 Å². The summed E-state index contributed by atoms with van der Waals surface area (Å²) in [4.78, 5) is 28.6. The average Bonchev–Trinajstić information content (AvgIpc) is 3.34. The molecule has 0 saturated carbocycles. The van der Waals surface area contributed by atoms with Crippen molar-refractivity contribution in [3.63, 3.8) is 0 Å². The van der Waals surface area contributed by atoms with Crippen molar-refractivity contribution in [3.05, 3.63) is 80.1 Å². The molecule has 4 aromatic rings. The fraction of sp³-hybridized carbons (Fsp3) is 0.250. The quantitative estimate of drug-likeness (QED) is 0.437. The Morgan fingerprint density at radius 1 is 1.09 bits per heavy atom. The summed E-state index contributed by atoms with van der Waals surface area (Å²) in [5.74, 6) is 0.391. The molecule has 32 heavy (non-hydrogen) atoms. The zero-order valence-corrected chi connectivity index (χ0v) is 18.7. The molecule has 5 rings (SSSR count). The van der Waals surface area contributed by atoms with Gasteiger partial charge < -0.3 is 9.15 Å². The van der Waals surface area contributed by atoms with Crippen LogP contribution in [0.15, 0.2) is 51.7 Å². The Kier molecular flexibility index (Phi) is 5.01. The second-order valence-electron chi connectivity index (χ2n) is 7.77. The van der Waals surface area contributed by atoms with Gasteiger partial charge in [0.25, 0.3) is 5.91 Å². The molecule has 162 valence electrons. The minimum atomic E-state index is -0.661. The van der Waals surface area contributed by atoms with Crippen LogP contribution in [0.25, 0.3) is 11.0 Å². The molecule has 1 atom stereocenters. The van der Waals surface area contributed by atoms with E-state index in [2.05, 4.69) is 10.2 Å². The van der Waals surface area contributed by atoms with Gasteiger partial charge in [0, 0.05) is 0 Å². The molecule has 0 bridgehead atoms. The van der Waals surface area contributed by atoms with E-state index in [1.54, 1.807) is 12.1 Å². The number of anilines is 1. The van der Waals surface area contributed by atoms with Crippen molar-refractivity contribution in [2.24, 2.45) is 0 Å². The molecule has 0 unspecified atom stereocenters. The summed E-state index contributed by atoms with van der Waals surface area (Å²) in [5, 5.41) is 9.86. The van der Waals surface area contributed by atoms with Gasteiger partial charge in [0.05, 0.1) is 23.6 Å². The molecule has 0 spiro atoms. The topological polar surface area (TPSA) is 85.5 Å². The standard InChI is InChI=1S/C24H21N3O4S/c1-4-11-30-16-8-6-15(7-9-16)20-19-21(28)17-12-13(2)5-10-18(17)31-22(19)23(29)27(20)24-26-25-14(3)32-24/h5-10,12,20H,4,11H2,1-3H3/t20-/m0/s1. The molecule has 1 aliphatic heterocycles. The van der Waals surface area contributed by atoms with Crippen LogP contribution in [0.4, 0.5) is 5.13 Å². The molecule has 2 aromatic carbocycles. The molecule has 3 heterocycles. The van der Waals surface area contributed by atoms with Gasteiger partial charge in [-0.2, -0.15) is 0 Å². The van der Waals surface area contributed by atoms with Gasteiger partial charge in [-0.05, 0) is 50.1 Å². The van der Waals surface area contributed by atoms with Crippen LogP contribution in [0.3, 0.4) is 0 Å². The van der Waals surface area contributed by atoms with Crippen molar-refractivity contribution in [3.8, 4) is 5.75 Å². The van der Waals surface area contributed by atoms with Crippen LogP contribution >= 0.6 is 11.3 Å². The van der Waals surface area contributed by atoms with E-state index in [4.69, 9.17) is 9.15 Å². The Morgan fingerprint density at radius 2 is 1.88 bits per heavy atom. The number of benzene rings is 2. The van der Waals surface area contributed by atoms with Crippen LogP contribution in [0.2, 0.25) is 0 Å². The Hall–Kier alpha value is -3.52. The van der Waals surface area contributed by atoms with Gasteiger partial charge in [-0.3, -0.25) is 14.5 Å². The summed E-state index contributed by atoms with van der Waals surface area (Å²) in [6.07, 6.45) is 0.907. The first-order valence-electron chi connectivity index (χ1n) is 10.4. The number of amides is 1. The lowest BCUT2D eigenvalue weighted by Gasteiger charge is -2.22. The number of ether oxygens (including phenoxy) is 1. The number of aryl methyl sites for hydroxylation is 2. The normalized spacial score (nSPS) is 15.4. The first-order valence-corrected chi connectivity index (χ1v) is 11.2. The Labute approximate surface area is 188 Å². The molecule has 0 saturated heterocycles. The Balaban J connectivity index is 1.72. The van der Waals surface area contributed by atoms with E-state index in [0.717, 1.165) is 28.3 Å². The number of fused-ring (bicyclic) bond motifs is 2. The van der Waals surface area contributed by atoms with Crippen molar-refractivity contribution >= 4 is 33.3 Å². The molecule has 1 aliphatic rings. The third kappa shape index (κ3) is 3.27. The van der Waals surface area contributed by atoms with Gasteiger partial charge in [-0.25, -0.2) is 0 Å². The number of hydrogen-bond acceptors (Lipinski definition) is 7. The number of nitrogens with zero attached hydrogens (tertiary/aromatic N) is 3. The smallest absolute Gasteiger partial charge is 0.297 e. The number of carbonyl (C=O) groups excluding carboxylic acids is 1. The predicted octanol–water partition coefficient (Wildman–Crippen LogP) is 4.80. The van der Waals surface area contributed by atoms with E-state index in [-0.39, 0.29) is 11.2 Å². The van der Waals surface area contributed by atoms with Crippen LogP contribution in [0.5, 0.6) is 5.75 Å². The summed E-state index contributed by atoms with van der Waals surface area (Å²) in [5.41, 5.74) is 2.22. The summed E-state index contributed by atoms with van der Waals surface area (Å²) < 4.78 is 11.7. The van der Waals surface area contributed by atoms with E-state index < -0.39 is 11.9 Å². The Bertz CT molecular complexity index is 1390. The molecule has 7 nitrogen and oxygen atoms in total. The van der Waals surface area contributed by atoms with Crippen molar-refractivity contribution in [2.75, 3.05) is 11.5 Å². The van der Waals surface area contributed by atoms with Crippen LogP contribution in [-0.4, -0.2) is 22.7 Å². The maximum Gasteiger partial charge on any atom is 0.297 e. The molecular weight excluding hydrogens is 426 g/mol. The van der Waals surface area contributed by atoms with Crippen molar-refractivity contribution in [2.45, 2.75) is 33.2 Å². The summed E-state index contributed by atoms with van der Waals surface area (Å²) >= 11 is 1.30. The third-order valence-corrected chi connectivity index (χ3v) is 6.25. The molecular formula is C24H21N3O4S. The van der Waals surface area contributed by atoms with Crippen molar-refractivity contribution in [1.29, 1.82) is 0 Å². The number of rotatable bonds is 5. The monoisotopic (exact) mass is 447 g/mol. The maximum atomic E-state index is 13.6. The summed E-state index contributed by atoms with van der Waals surface area (Å²) in [6, 6.07) is 12.2. The first-order chi connectivity index (χ1) is 15.5.